The molecule has 2 aromatic heterocycles. The fraction of sp³-hybridized carbons (Fsp3) is 0.154. The van der Waals surface area contributed by atoms with E-state index in [9.17, 15) is 0 Å². The Bertz CT molecular complexity index is 646. The maximum atomic E-state index is 4.48. The second-order valence-electron chi connectivity index (χ2n) is 3.98. The van der Waals surface area contributed by atoms with E-state index in [2.05, 4.69) is 37.2 Å². The number of aromatic nitrogens is 3. The van der Waals surface area contributed by atoms with E-state index in [0.29, 0.717) is 0 Å². The molecule has 18 heavy (non-hydrogen) atoms. The largest absolute Gasteiger partial charge is 0.308 e. The highest BCUT2D eigenvalue weighted by molar-refractivity contribution is 6.99. The molecule has 0 fully saturated rings. The van der Waals surface area contributed by atoms with E-state index in [0.717, 1.165) is 22.2 Å². The summed E-state index contributed by atoms with van der Waals surface area (Å²) in [6.07, 6.45) is 3.62. The van der Waals surface area contributed by atoms with Gasteiger partial charge in [-0.05, 0) is 13.1 Å². The first-order valence-corrected chi connectivity index (χ1v) is 6.41. The van der Waals surface area contributed by atoms with Gasteiger partial charge in [0.05, 0.1) is 35.2 Å². The third kappa shape index (κ3) is 1.87. The van der Waals surface area contributed by atoms with Crippen LogP contribution >= 0.6 is 11.7 Å². The predicted molar refractivity (Wildman–Crippen MR) is 72.6 cm³/mol. The fourth-order valence-corrected chi connectivity index (χ4v) is 2.57. The number of para-hydroxylation sites is 1. The zero-order chi connectivity index (χ0) is 12.4. The fourth-order valence-electron chi connectivity index (χ4n) is 2.12. The molecule has 1 unspecified atom stereocenters. The normalized spacial score (nSPS) is 12.7. The Balaban J connectivity index is 2.18. The van der Waals surface area contributed by atoms with Crippen molar-refractivity contribution in [1.29, 1.82) is 0 Å². The molecule has 0 aliphatic carbocycles. The zero-order valence-corrected chi connectivity index (χ0v) is 10.7. The van der Waals surface area contributed by atoms with E-state index in [1.54, 1.807) is 6.20 Å². The summed E-state index contributed by atoms with van der Waals surface area (Å²) in [4.78, 5) is 4.48. The van der Waals surface area contributed by atoms with Crippen molar-refractivity contribution in [1.82, 2.24) is 19.0 Å². The van der Waals surface area contributed by atoms with Gasteiger partial charge in [-0.15, -0.1) is 0 Å². The lowest BCUT2D eigenvalue weighted by atomic mass is 10.0. The molecule has 90 valence electrons. The molecular formula is C13H12N4S. The van der Waals surface area contributed by atoms with Crippen LogP contribution in [0.1, 0.15) is 17.3 Å². The molecule has 0 aliphatic heterocycles. The molecule has 0 aliphatic rings. The number of pyridine rings is 1. The Morgan fingerprint density at radius 1 is 1.22 bits per heavy atom. The van der Waals surface area contributed by atoms with Crippen LogP contribution in [0.3, 0.4) is 0 Å². The second-order valence-corrected chi connectivity index (χ2v) is 4.53. The summed E-state index contributed by atoms with van der Waals surface area (Å²) in [7, 11) is 1.92. The number of fused-ring (bicyclic) bond motifs is 1. The van der Waals surface area contributed by atoms with Crippen LogP contribution in [0.15, 0.2) is 42.7 Å². The molecule has 3 aromatic rings. The molecule has 1 N–H and O–H groups in total. The second kappa shape index (κ2) is 4.80. The van der Waals surface area contributed by atoms with Gasteiger partial charge < -0.3 is 5.32 Å². The monoisotopic (exact) mass is 256 g/mol. The Kier molecular flexibility index (Phi) is 3.00. The summed E-state index contributed by atoms with van der Waals surface area (Å²) in [6, 6.07) is 10.2. The molecule has 3 rings (SSSR count). The van der Waals surface area contributed by atoms with Gasteiger partial charge in [0.15, 0.2) is 0 Å². The lowest BCUT2D eigenvalue weighted by molar-refractivity contribution is 0.681. The molecule has 1 atom stereocenters. The Hall–Kier alpha value is -1.85. The van der Waals surface area contributed by atoms with Crippen molar-refractivity contribution in [3.8, 4) is 0 Å². The van der Waals surface area contributed by atoms with Gasteiger partial charge in [0.25, 0.3) is 0 Å². The van der Waals surface area contributed by atoms with Crippen LogP contribution in [0.4, 0.5) is 0 Å². The van der Waals surface area contributed by atoms with Gasteiger partial charge in [0.1, 0.15) is 0 Å². The third-order valence-corrected chi connectivity index (χ3v) is 3.43. The van der Waals surface area contributed by atoms with Crippen LogP contribution in [0.2, 0.25) is 0 Å². The summed E-state index contributed by atoms with van der Waals surface area (Å²) in [5.74, 6) is 0. The molecule has 0 saturated carbocycles. The first-order valence-electron chi connectivity index (χ1n) is 5.68. The van der Waals surface area contributed by atoms with Crippen molar-refractivity contribution in [2.24, 2.45) is 0 Å². The standard InChI is InChI=1S/C13H12N4S/c1-14-13(11-8-16-18-17-11)10-6-2-4-9-5-3-7-15-12(9)10/h2-8,13-14H,1H3. The minimum absolute atomic E-state index is 0.0300. The van der Waals surface area contributed by atoms with Gasteiger partial charge >= 0.3 is 0 Å². The predicted octanol–water partition coefficient (Wildman–Crippen LogP) is 2.40. The van der Waals surface area contributed by atoms with Crippen molar-refractivity contribution in [2.75, 3.05) is 7.05 Å². The first-order chi connectivity index (χ1) is 8.90. The number of benzene rings is 1. The van der Waals surface area contributed by atoms with Crippen LogP contribution in [0.25, 0.3) is 10.9 Å². The summed E-state index contributed by atoms with van der Waals surface area (Å²) >= 11 is 1.22. The third-order valence-electron chi connectivity index (χ3n) is 2.94. The maximum Gasteiger partial charge on any atom is 0.0958 e. The minimum atomic E-state index is 0.0300. The molecule has 5 heteroatoms. The van der Waals surface area contributed by atoms with Crippen LogP contribution in [-0.4, -0.2) is 20.8 Å². The lowest BCUT2D eigenvalue weighted by Gasteiger charge is -2.15. The van der Waals surface area contributed by atoms with Gasteiger partial charge in [0.2, 0.25) is 0 Å². The van der Waals surface area contributed by atoms with Gasteiger partial charge in [0, 0.05) is 17.1 Å². The van der Waals surface area contributed by atoms with E-state index in [1.807, 2.05) is 25.4 Å². The summed E-state index contributed by atoms with van der Waals surface area (Å²) in [6.45, 7) is 0. The minimum Gasteiger partial charge on any atom is -0.308 e. The van der Waals surface area contributed by atoms with Crippen LogP contribution in [0.5, 0.6) is 0 Å². The highest BCUT2D eigenvalue weighted by atomic mass is 32.1. The highest BCUT2D eigenvalue weighted by Crippen LogP contribution is 2.26. The number of nitrogens with zero attached hydrogens (tertiary/aromatic N) is 3. The van der Waals surface area contributed by atoms with Crippen LogP contribution in [0, 0.1) is 0 Å². The maximum absolute atomic E-state index is 4.48. The molecule has 0 spiro atoms. The lowest BCUT2D eigenvalue weighted by Crippen LogP contribution is -2.18. The van der Waals surface area contributed by atoms with Crippen molar-refractivity contribution in [2.45, 2.75) is 6.04 Å². The van der Waals surface area contributed by atoms with Gasteiger partial charge in [-0.1, -0.05) is 24.3 Å². The molecule has 2 heterocycles. The number of nitrogens with one attached hydrogen (secondary N) is 1. The smallest absolute Gasteiger partial charge is 0.0958 e. The van der Waals surface area contributed by atoms with E-state index in [-0.39, 0.29) is 6.04 Å². The molecule has 0 amide bonds. The van der Waals surface area contributed by atoms with Crippen molar-refractivity contribution in [3.05, 3.63) is 54.0 Å². The topological polar surface area (TPSA) is 50.7 Å². The Morgan fingerprint density at radius 2 is 2.11 bits per heavy atom. The zero-order valence-electron chi connectivity index (χ0n) is 9.87. The molecule has 0 radical (unpaired) electrons. The number of rotatable bonds is 3. The van der Waals surface area contributed by atoms with Crippen molar-refractivity contribution in [3.63, 3.8) is 0 Å². The van der Waals surface area contributed by atoms with Crippen LogP contribution < -0.4 is 5.32 Å². The summed E-state index contributed by atoms with van der Waals surface area (Å²) in [5, 5.41) is 4.41. The summed E-state index contributed by atoms with van der Waals surface area (Å²) < 4.78 is 8.38. The SMILES string of the molecule is CNC(c1cnsn1)c1cccc2cccnc12. The van der Waals surface area contributed by atoms with Gasteiger partial charge in [-0.2, -0.15) is 8.75 Å². The molecule has 0 bridgehead atoms. The summed E-state index contributed by atoms with van der Waals surface area (Å²) in [5.41, 5.74) is 3.07. The Labute approximate surface area is 109 Å². The quantitative estimate of drug-likeness (QED) is 0.781. The van der Waals surface area contributed by atoms with Gasteiger partial charge in [-0.25, -0.2) is 0 Å². The van der Waals surface area contributed by atoms with Crippen LogP contribution in [-0.2, 0) is 0 Å². The Morgan fingerprint density at radius 3 is 2.89 bits per heavy atom. The van der Waals surface area contributed by atoms with Gasteiger partial charge in [-0.3, -0.25) is 4.98 Å². The first kappa shape index (κ1) is 11.3. The molecular weight excluding hydrogens is 244 g/mol. The van der Waals surface area contributed by atoms with Crippen molar-refractivity contribution >= 4 is 22.6 Å². The van der Waals surface area contributed by atoms with E-state index >= 15 is 0 Å². The van der Waals surface area contributed by atoms with E-state index < -0.39 is 0 Å². The van der Waals surface area contributed by atoms with Crippen molar-refractivity contribution < 1.29 is 0 Å². The molecule has 1 aromatic carbocycles. The van der Waals surface area contributed by atoms with E-state index in [4.69, 9.17) is 0 Å². The average Bonchev–Trinajstić information content (AvgIpc) is 2.94. The molecule has 4 nitrogen and oxygen atoms in total. The average molecular weight is 256 g/mol. The van der Waals surface area contributed by atoms with E-state index in [1.165, 1.54) is 11.7 Å². The molecule has 0 saturated heterocycles. The number of hydrogen-bond acceptors (Lipinski definition) is 5. The highest BCUT2D eigenvalue weighted by Gasteiger charge is 2.17. The number of hydrogen-bond donors (Lipinski definition) is 1.